The number of halogens is 2. The lowest BCUT2D eigenvalue weighted by molar-refractivity contribution is -0.113. The van der Waals surface area contributed by atoms with Gasteiger partial charge in [-0.3, -0.25) is 9.36 Å². The Labute approximate surface area is 205 Å². The van der Waals surface area contributed by atoms with E-state index < -0.39 is 0 Å². The van der Waals surface area contributed by atoms with Crippen molar-refractivity contribution in [1.82, 2.24) is 14.8 Å². The molecule has 3 aromatic rings. The van der Waals surface area contributed by atoms with Gasteiger partial charge in [0, 0.05) is 16.0 Å². The number of carbonyl (C=O) groups excluding carboxylic acids is 1. The fraction of sp³-hybridized carbons (Fsp3) is 0.261. The normalized spacial score (nSPS) is 10.8. The Kier molecular flexibility index (Phi) is 8.39. The molecule has 2 aromatic carbocycles. The number of hydrogen-bond acceptors (Lipinski definition) is 5. The number of aromatic nitrogens is 3. The van der Waals surface area contributed by atoms with E-state index in [9.17, 15) is 4.79 Å². The minimum Gasteiger partial charge on any atom is -0.486 e. The molecule has 0 unspecified atom stereocenters. The molecule has 1 aromatic heterocycles. The lowest BCUT2D eigenvalue weighted by Gasteiger charge is -2.11. The molecule has 3 rings (SSSR count). The monoisotopic (exact) mass is 534 g/mol. The molecule has 0 atom stereocenters. The van der Waals surface area contributed by atoms with Crippen molar-refractivity contribution in [1.29, 1.82) is 0 Å². The predicted octanol–water partition coefficient (Wildman–Crippen LogP) is 6.12. The van der Waals surface area contributed by atoms with Crippen LogP contribution in [0.25, 0.3) is 0 Å². The summed E-state index contributed by atoms with van der Waals surface area (Å²) < 4.78 is 8.66. The summed E-state index contributed by atoms with van der Waals surface area (Å²) in [7, 11) is 0. The third-order valence-corrected chi connectivity index (χ3v) is 6.83. The maximum absolute atomic E-state index is 12.4. The lowest BCUT2D eigenvalue weighted by Crippen LogP contribution is -2.15. The topological polar surface area (TPSA) is 69.0 Å². The fourth-order valence-electron chi connectivity index (χ4n) is 3.02. The van der Waals surface area contributed by atoms with E-state index in [0.29, 0.717) is 17.5 Å². The average molecular weight is 536 g/mol. The second-order valence-corrected chi connectivity index (χ2v) is 9.45. The Hall–Kier alpha value is -2.29. The van der Waals surface area contributed by atoms with Crippen LogP contribution in [-0.2, 0) is 17.9 Å². The lowest BCUT2D eigenvalue weighted by atomic mass is 10.1. The van der Waals surface area contributed by atoms with E-state index in [1.807, 2.05) is 55.7 Å². The highest BCUT2D eigenvalue weighted by Gasteiger charge is 2.15. The number of benzene rings is 2. The first kappa shape index (κ1) is 24.4. The van der Waals surface area contributed by atoms with Gasteiger partial charge in [0.25, 0.3) is 0 Å². The standard InChI is InChI=1S/C23H24BrClN4O2S/c1-5-8-29-20(12-31-17-10-15(3)22(25)16(4)11-17)27-28-23(29)32-13-21(30)26-19-7-6-14(2)9-18(19)24/h5-7,9-11H,1,8,12-13H2,2-4H3,(H,26,30). The van der Waals surface area contributed by atoms with Crippen molar-refractivity contribution in [3.63, 3.8) is 0 Å². The number of thioether (sulfide) groups is 1. The van der Waals surface area contributed by atoms with Gasteiger partial charge in [-0.1, -0.05) is 35.5 Å². The van der Waals surface area contributed by atoms with Crippen LogP contribution in [-0.4, -0.2) is 26.4 Å². The van der Waals surface area contributed by atoms with Gasteiger partial charge in [0.05, 0.1) is 11.4 Å². The van der Waals surface area contributed by atoms with Gasteiger partial charge in [-0.05, 0) is 77.7 Å². The van der Waals surface area contributed by atoms with Gasteiger partial charge in [-0.15, -0.1) is 16.8 Å². The number of anilines is 1. The average Bonchev–Trinajstić information content (AvgIpc) is 3.13. The number of rotatable bonds is 9. The highest BCUT2D eigenvalue weighted by Crippen LogP contribution is 2.27. The molecule has 0 aliphatic rings. The zero-order chi connectivity index (χ0) is 23.3. The Balaban J connectivity index is 1.65. The molecule has 0 saturated heterocycles. The van der Waals surface area contributed by atoms with Gasteiger partial charge in [-0.25, -0.2) is 0 Å². The fourth-order valence-corrected chi connectivity index (χ4v) is 4.49. The van der Waals surface area contributed by atoms with Crippen LogP contribution >= 0.6 is 39.3 Å². The van der Waals surface area contributed by atoms with Crippen molar-refractivity contribution in [2.75, 3.05) is 11.1 Å². The zero-order valence-electron chi connectivity index (χ0n) is 18.1. The van der Waals surface area contributed by atoms with E-state index in [1.165, 1.54) is 11.8 Å². The molecule has 0 spiro atoms. The summed E-state index contributed by atoms with van der Waals surface area (Å²) in [6, 6.07) is 9.57. The van der Waals surface area contributed by atoms with Crippen molar-refractivity contribution in [2.45, 2.75) is 39.1 Å². The minimum atomic E-state index is -0.127. The van der Waals surface area contributed by atoms with Crippen LogP contribution in [0.15, 0.2) is 52.6 Å². The Morgan fingerprint density at radius 2 is 1.97 bits per heavy atom. The zero-order valence-corrected chi connectivity index (χ0v) is 21.3. The van der Waals surface area contributed by atoms with Crippen molar-refractivity contribution < 1.29 is 9.53 Å². The Bertz CT molecular complexity index is 1130. The number of nitrogens with one attached hydrogen (secondary N) is 1. The van der Waals surface area contributed by atoms with E-state index in [-0.39, 0.29) is 18.3 Å². The quantitative estimate of drug-likeness (QED) is 0.264. The summed E-state index contributed by atoms with van der Waals surface area (Å²) in [4.78, 5) is 12.4. The predicted molar refractivity (Wildman–Crippen MR) is 134 cm³/mol. The molecule has 0 aliphatic heterocycles. The largest absolute Gasteiger partial charge is 0.486 e. The molecule has 0 bridgehead atoms. The number of allylic oxidation sites excluding steroid dienone is 1. The third kappa shape index (κ3) is 6.15. The molecule has 0 aliphatic carbocycles. The van der Waals surface area contributed by atoms with Crippen LogP contribution in [0.5, 0.6) is 5.75 Å². The Morgan fingerprint density at radius 3 is 2.62 bits per heavy atom. The maximum Gasteiger partial charge on any atom is 0.234 e. The van der Waals surface area contributed by atoms with Gasteiger partial charge >= 0.3 is 0 Å². The smallest absolute Gasteiger partial charge is 0.234 e. The number of nitrogens with zero attached hydrogens (tertiary/aromatic N) is 3. The van der Waals surface area contributed by atoms with Crippen LogP contribution in [0, 0.1) is 20.8 Å². The van der Waals surface area contributed by atoms with Crippen LogP contribution in [0.4, 0.5) is 5.69 Å². The van der Waals surface area contributed by atoms with Crippen LogP contribution in [0.2, 0.25) is 5.02 Å². The number of amides is 1. The van der Waals surface area contributed by atoms with Gasteiger partial charge in [0.1, 0.15) is 12.4 Å². The molecule has 0 fully saturated rings. The van der Waals surface area contributed by atoms with Crippen LogP contribution < -0.4 is 10.1 Å². The summed E-state index contributed by atoms with van der Waals surface area (Å²) in [6.45, 7) is 10.4. The van der Waals surface area contributed by atoms with Crippen molar-refractivity contribution in [3.05, 3.63) is 75.0 Å². The van der Waals surface area contributed by atoms with Gasteiger partial charge in [-0.2, -0.15) is 0 Å². The minimum absolute atomic E-state index is 0.127. The second-order valence-electron chi connectivity index (χ2n) is 7.28. The first-order chi connectivity index (χ1) is 15.3. The first-order valence-corrected chi connectivity index (χ1v) is 12.1. The van der Waals surface area contributed by atoms with Gasteiger partial charge in [0.15, 0.2) is 11.0 Å². The van der Waals surface area contributed by atoms with E-state index in [4.69, 9.17) is 16.3 Å². The van der Waals surface area contributed by atoms with Gasteiger partial charge in [0.2, 0.25) is 5.91 Å². The molecule has 0 saturated carbocycles. The maximum atomic E-state index is 12.4. The summed E-state index contributed by atoms with van der Waals surface area (Å²) in [6.07, 6.45) is 1.76. The molecular formula is C23H24BrClN4O2S. The Morgan fingerprint density at radius 1 is 1.25 bits per heavy atom. The molecule has 168 valence electrons. The molecule has 1 N–H and O–H groups in total. The number of ether oxygens (including phenoxy) is 1. The number of hydrogen-bond donors (Lipinski definition) is 1. The third-order valence-electron chi connectivity index (χ3n) is 4.61. The van der Waals surface area contributed by atoms with Crippen LogP contribution in [0.1, 0.15) is 22.5 Å². The number of carbonyl (C=O) groups is 1. The van der Waals surface area contributed by atoms with E-state index in [1.54, 1.807) is 6.08 Å². The van der Waals surface area contributed by atoms with Crippen LogP contribution in [0.3, 0.4) is 0 Å². The highest BCUT2D eigenvalue weighted by atomic mass is 79.9. The van der Waals surface area contributed by atoms with E-state index >= 15 is 0 Å². The summed E-state index contributed by atoms with van der Waals surface area (Å²) in [5.41, 5.74) is 3.75. The molecule has 1 heterocycles. The highest BCUT2D eigenvalue weighted by molar-refractivity contribution is 9.10. The van der Waals surface area contributed by atoms with Crippen molar-refractivity contribution >= 4 is 50.9 Å². The molecule has 1 amide bonds. The van der Waals surface area contributed by atoms with Gasteiger partial charge < -0.3 is 10.1 Å². The second kappa shape index (κ2) is 11.0. The summed E-state index contributed by atoms with van der Waals surface area (Å²) in [5.74, 6) is 1.44. The SMILES string of the molecule is C=CCn1c(COc2cc(C)c(Cl)c(C)c2)nnc1SCC(=O)Nc1ccc(C)cc1Br. The molecule has 0 radical (unpaired) electrons. The summed E-state index contributed by atoms with van der Waals surface area (Å²) >= 11 is 11.0. The number of aryl methyl sites for hydroxylation is 3. The molecular weight excluding hydrogens is 512 g/mol. The van der Waals surface area contributed by atoms with E-state index in [0.717, 1.165) is 37.6 Å². The molecule has 32 heavy (non-hydrogen) atoms. The van der Waals surface area contributed by atoms with E-state index in [2.05, 4.69) is 38.0 Å². The molecule has 6 nitrogen and oxygen atoms in total. The molecule has 9 heteroatoms. The summed E-state index contributed by atoms with van der Waals surface area (Å²) in [5, 5.41) is 12.8. The van der Waals surface area contributed by atoms with Crippen molar-refractivity contribution in [3.8, 4) is 5.75 Å². The first-order valence-electron chi connectivity index (χ1n) is 9.89. The van der Waals surface area contributed by atoms with Crippen molar-refractivity contribution in [2.24, 2.45) is 0 Å².